The molecular formula is C19H17ClN2O3S. The van der Waals surface area contributed by atoms with Gasteiger partial charge in [0.15, 0.2) is 11.5 Å². The highest BCUT2D eigenvalue weighted by atomic mass is 35.5. The van der Waals surface area contributed by atoms with E-state index in [2.05, 4.69) is 10.3 Å². The van der Waals surface area contributed by atoms with Crippen LogP contribution in [0.1, 0.15) is 21.6 Å². The second kappa shape index (κ2) is 8.21. The molecule has 134 valence electrons. The Balaban J connectivity index is 1.75. The maximum atomic E-state index is 12.5. The van der Waals surface area contributed by atoms with E-state index in [0.717, 1.165) is 11.3 Å². The molecule has 26 heavy (non-hydrogen) atoms. The van der Waals surface area contributed by atoms with Crippen LogP contribution in [-0.4, -0.2) is 18.0 Å². The Morgan fingerprint density at radius 1 is 1.23 bits per heavy atom. The first-order chi connectivity index (χ1) is 12.6. The van der Waals surface area contributed by atoms with E-state index in [1.54, 1.807) is 35.8 Å². The van der Waals surface area contributed by atoms with Crippen molar-refractivity contribution in [3.05, 3.63) is 69.1 Å². The molecule has 0 radical (unpaired) electrons. The zero-order valence-electron chi connectivity index (χ0n) is 14.3. The fourth-order valence-electron chi connectivity index (χ4n) is 2.31. The van der Waals surface area contributed by atoms with Crippen LogP contribution < -0.4 is 14.8 Å². The molecule has 1 N–H and O–H groups in total. The monoisotopic (exact) mass is 388 g/mol. The number of nitrogens with one attached hydrogen (secondary N) is 1. The van der Waals surface area contributed by atoms with Crippen molar-refractivity contribution in [1.29, 1.82) is 0 Å². The van der Waals surface area contributed by atoms with Crippen molar-refractivity contribution in [2.75, 3.05) is 12.4 Å². The number of amides is 1. The van der Waals surface area contributed by atoms with Crippen molar-refractivity contribution in [3.8, 4) is 11.5 Å². The number of carbonyl (C=O) groups is 1. The summed E-state index contributed by atoms with van der Waals surface area (Å²) in [6, 6.07) is 10.4. The second-order valence-electron chi connectivity index (χ2n) is 5.55. The highest BCUT2D eigenvalue weighted by Crippen LogP contribution is 2.29. The van der Waals surface area contributed by atoms with Crippen molar-refractivity contribution in [2.24, 2.45) is 0 Å². The number of nitrogens with zero attached hydrogens (tertiary/aromatic N) is 1. The lowest BCUT2D eigenvalue weighted by Gasteiger charge is -2.12. The Bertz CT molecular complexity index is 913. The van der Waals surface area contributed by atoms with E-state index in [1.165, 1.54) is 18.4 Å². The zero-order chi connectivity index (χ0) is 18.5. The smallest absolute Gasteiger partial charge is 0.255 e. The average Bonchev–Trinajstić information content (AvgIpc) is 3.16. The van der Waals surface area contributed by atoms with E-state index in [-0.39, 0.29) is 5.91 Å². The van der Waals surface area contributed by atoms with Crippen LogP contribution in [0.25, 0.3) is 0 Å². The number of thiazole rings is 1. The molecule has 0 saturated heterocycles. The molecule has 1 aromatic heterocycles. The van der Waals surface area contributed by atoms with Crippen LogP contribution in [0.15, 0.2) is 47.3 Å². The molecule has 3 aromatic rings. The Morgan fingerprint density at radius 3 is 2.81 bits per heavy atom. The van der Waals surface area contributed by atoms with Gasteiger partial charge in [0.1, 0.15) is 6.61 Å². The highest BCUT2D eigenvalue weighted by molar-refractivity contribution is 7.07. The van der Waals surface area contributed by atoms with E-state index in [9.17, 15) is 4.79 Å². The largest absolute Gasteiger partial charge is 0.493 e. The molecule has 5 nitrogen and oxygen atoms in total. The number of ether oxygens (including phenoxy) is 2. The number of methoxy groups -OCH3 is 1. The summed E-state index contributed by atoms with van der Waals surface area (Å²) in [5, 5.41) is 5.35. The van der Waals surface area contributed by atoms with E-state index in [4.69, 9.17) is 21.1 Å². The number of anilines is 1. The summed E-state index contributed by atoms with van der Waals surface area (Å²) in [6.07, 6.45) is 0. The van der Waals surface area contributed by atoms with Gasteiger partial charge >= 0.3 is 0 Å². The number of carbonyl (C=O) groups excluding carboxylic acids is 1. The molecule has 0 fully saturated rings. The van der Waals surface area contributed by atoms with Crippen LogP contribution in [0.5, 0.6) is 11.5 Å². The number of hydrogen-bond acceptors (Lipinski definition) is 5. The summed E-state index contributed by atoms with van der Waals surface area (Å²) in [6.45, 7) is 2.25. The molecular weight excluding hydrogens is 372 g/mol. The van der Waals surface area contributed by atoms with E-state index >= 15 is 0 Å². The third-order valence-electron chi connectivity index (χ3n) is 3.73. The summed E-state index contributed by atoms with van der Waals surface area (Å²) < 4.78 is 11.1. The Kier molecular flexibility index (Phi) is 5.75. The normalized spacial score (nSPS) is 10.4. The number of rotatable bonds is 6. The minimum absolute atomic E-state index is 0.250. The Morgan fingerprint density at radius 2 is 2.08 bits per heavy atom. The maximum Gasteiger partial charge on any atom is 0.255 e. The average molecular weight is 389 g/mol. The molecule has 0 aliphatic rings. The van der Waals surface area contributed by atoms with Gasteiger partial charge in [0.05, 0.1) is 18.3 Å². The molecule has 0 aliphatic carbocycles. The molecule has 0 bridgehead atoms. The summed E-state index contributed by atoms with van der Waals surface area (Å²) >= 11 is 7.51. The van der Waals surface area contributed by atoms with Crippen molar-refractivity contribution in [3.63, 3.8) is 0 Å². The number of benzene rings is 2. The third-order valence-corrected chi connectivity index (χ3v) is 4.60. The van der Waals surface area contributed by atoms with Crippen LogP contribution in [0.2, 0.25) is 5.02 Å². The summed E-state index contributed by atoms with van der Waals surface area (Å²) in [7, 11) is 1.54. The quantitative estimate of drug-likeness (QED) is 0.649. The molecule has 7 heteroatoms. The Hall–Kier alpha value is -2.57. The minimum atomic E-state index is -0.250. The van der Waals surface area contributed by atoms with Crippen LogP contribution in [-0.2, 0) is 6.61 Å². The molecule has 2 aromatic carbocycles. The predicted octanol–water partition coefficient (Wildman–Crippen LogP) is 4.94. The first-order valence-corrected chi connectivity index (χ1v) is 9.14. The predicted molar refractivity (Wildman–Crippen MR) is 104 cm³/mol. The summed E-state index contributed by atoms with van der Waals surface area (Å²) in [5.74, 6) is 0.784. The molecule has 1 heterocycles. The van der Waals surface area contributed by atoms with Gasteiger partial charge in [0.2, 0.25) is 0 Å². The van der Waals surface area contributed by atoms with Gasteiger partial charge in [-0.05, 0) is 42.8 Å². The van der Waals surface area contributed by atoms with Gasteiger partial charge in [-0.25, -0.2) is 4.98 Å². The van der Waals surface area contributed by atoms with Crippen LogP contribution >= 0.6 is 22.9 Å². The number of aryl methyl sites for hydroxylation is 1. The van der Waals surface area contributed by atoms with Gasteiger partial charge in [0.25, 0.3) is 5.91 Å². The lowest BCUT2D eigenvalue weighted by molar-refractivity contribution is 0.102. The summed E-state index contributed by atoms with van der Waals surface area (Å²) in [5.41, 5.74) is 4.65. The first-order valence-electron chi connectivity index (χ1n) is 7.82. The fourth-order valence-corrected chi connectivity index (χ4v) is 3.03. The zero-order valence-corrected chi connectivity index (χ0v) is 15.9. The number of aromatic nitrogens is 1. The molecule has 0 spiro atoms. The lowest BCUT2D eigenvalue weighted by atomic mass is 10.1. The summed E-state index contributed by atoms with van der Waals surface area (Å²) in [4.78, 5) is 16.7. The minimum Gasteiger partial charge on any atom is -0.493 e. The Labute approximate surface area is 160 Å². The van der Waals surface area contributed by atoms with Crippen LogP contribution in [0.4, 0.5) is 5.69 Å². The van der Waals surface area contributed by atoms with E-state index in [0.29, 0.717) is 34.4 Å². The molecule has 0 saturated carbocycles. The van der Waals surface area contributed by atoms with Gasteiger partial charge in [0, 0.05) is 21.7 Å². The maximum absolute atomic E-state index is 12.5. The van der Waals surface area contributed by atoms with Crippen molar-refractivity contribution >= 4 is 34.5 Å². The molecule has 0 aliphatic heterocycles. The highest BCUT2D eigenvalue weighted by Gasteiger charge is 2.13. The van der Waals surface area contributed by atoms with Crippen molar-refractivity contribution in [1.82, 2.24) is 4.98 Å². The fraction of sp³-hybridized carbons (Fsp3) is 0.158. The van der Waals surface area contributed by atoms with Crippen LogP contribution in [0, 0.1) is 6.92 Å². The van der Waals surface area contributed by atoms with Crippen molar-refractivity contribution in [2.45, 2.75) is 13.5 Å². The standard InChI is InChI=1S/C19H17ClN2O3S/c1-12-3-5-14(20)8-16(12)22-19(23)13-4-6-17(18(7-13)24-2)25-9-15-10-26-11-21-15/h3-8,10-11H,9H2,1-2H3,(H,22,23). The van der Waals surface area contributed by atoms with Crippen LogP contribution in [0.3, 0.4) is 0 Å². The molecule has 0 atom stereocenters. The molecule has 3 rings (SSSR count). The first kappa shape index (κ1) is 18.2. The van der Waals surface area contributed by atoms with Gasteiger partial charge in [-0.3, -0.25) is 4.79 Å². The van der Waals surface area contributed by atoms with Gasteiger partial charge < -0.3 is 14.8 Å². The lowest BCUT2D eigenvalue weighted by Crippen LogP contribution is -2.13. The second-order valence-corrected chi connectivity index (χ2v) is 6.70. The van der Waals surface area contributed by atoms with Crippen molar-refractivity contribution < 1.29 is 14.3 Å². The van der Waals surface area contributed by atoms with Gasteiger partial charge in [-0.2, -0.15) is 0 Å². The van der Waals surface area contributed by atoms with E-state index in [1.807, 2.05) is 18.4 Å². The number of hydrogen-bond donors (Lipinski definition) is 1. The SMILES string of the molecule is COc1cc(C(=O)Nc2cc(Cl)ccc2C)ccc1OCc1cscn1. The molecule has 0 unspecified atom stereocenters. The third kappa shape index (κ3) is 4.33. The van der Waals surface area contributed by atoms with Gasteiger partial charge in [-0.1, -0.05) is 17.7 Å². The topological polar surface area (TPSA) is 60.5 Å². The molecule has 1 amide bonds. The number of halogens is 1. The van der Waals surface area contributed by atoms with E-state index < -0.39 is 0 Å². The van der Waals surface area contributed by atoms with Gasteiger partial charge in [-0.15, -0.1) is 11.3 Å².